The summed E-state index contributed by atoms with van der Waals surface area (Å²) in [4.78, 5) is 26.8. The third-order valence-corrected chi connectivity index (χ3v) is 6.08. The van der Waals surface area contributed by atoms with Crippen molar-refractivity contribution in [3.8, 4) is 0 Å². The van der Waals surface area contributed by atoms with Crippen LogP contribution >= 0.6 is 0 Å². The van der Waals surface area contributed by atoms with Crippen LogP contribution in [0.1, 0.15) is 65.5 Å². The first kappa shape index (κ1) is 27.2. The number of hydrogen-bond acceptors (Lipinski definition) is 3. The second kappa shape index (κ2) is 11.9. The fraction of sp³-hybridized carbons (Fsp3) is 0.500. The van der Waals surface area contributed by atoms with E-state index < -0.39 is 11.4 Å². The molecule has 0 spiro atoms. The molecule has 3 N–H and O–H groups in total. The highest BCUT2D eigenvalue weighted by molar-refractivity contribution is 6.02. The molecule has 0 saturated carbocycles. The van der Waals surface area contributed by atoms with Crippen LogP contribution in [0.5, 0.6) is 0 Å². The molecule has 186 valence electrons. The Balaban J connectivity index is 2.48. The van der Waals surface area contributed by atoms with Gasteiger partial charge in [0.1, 0.15) is 0 Å². The number of urea groups is 1. The summed E-state index contributed by atoms with van der Waals surface area (Å²) < 4.78 is 0. The van der Waals surface area contributed by atoms with Crippen LogP contribution in [-0.4, -0.2) is 30.2 Å². The van der Waals surface area contributed by atoms with Gasteiger partial charge in [0.05, 0.1) is 17.8 Å². The van der Waals surface area contributed by atoms with Gasteiger partial charge >= 0.3 is 12.0 Å². The van der Waals surface area contributed by atoms with E-state index in [1.54, 1.807) is 0 Å². The van der Waals surface area contributed by atoms with Crippen molar-refractivity contribution in [3.05, 3.63) is 53.6 Å². The first-order valence-corrected chi connectivity index (χ1v) is 12.2. The highest BCUT2D eigenvalue weighted by atomic mass is 16.4. The SMILES string of the molecule is CC[C@](C)(CC(=O)O)c1ccc(N(CC(C)C)CC(C)C)c(NC(=O)Nc2ccc(C)cc2)c1. The van der Waals surface area contributed by atoms with E-state index >= 15 is 0 Å². The maximum Gasteiger partial charge on any atom is 0.323 e. The van der Waals surface area contributed by atoms with Gasteiger partial charge in [-0.3, -0.25) is 4.79 Å². The number of anilines is 3. The van der Waals surface area contributed by atoms with Gasteiger partial charge < -0.3 is 20.6 Å². The lowest BCUT2D eigenvalue weighted by Gasteiger charge is -2.33. The minimum Gasteiger partial charge on any atom is -0.481 e. The Labute approximate surface area is 204 Å². The van der Waals surface area contributed by atoms with E-state index in [9.17, 15) is 14.7 Å². The Hall–Kier alpha value is -3.02. The number of aliphatic carboxylic acids is 1. The molecule has 0 heterocycles. The van der Waals surface area contributed by atoms with Gasteiger partial charge in [0.25, 0.3) is 0 Å². The van der Waals surface area contributed by atoms with Crippen LogP contribution in [0.2, 0.25) is 0 Å². The minimum absolute atomic E-state index is 0.0273. The lowest BCUT2D eigenvalue weighted by atomic mass is 9.77. The Morgan fingerprint density at radius 1 is 0.971 bits per heavy atom. The van der Waals surface area contributed by atoms with Crippen LogP contribution in [0.3, 0.4) is 0 Å². The van der Waals surface area contributed by atoms with E-state index in [4.69, 9.17) is 0 Å². The normalized spacial score (nSPS) is 13.0. The van der Waals surface area contributed by atoms with Gasteiger partial charge in [-0.05, 0) is 55.0 Å². The summed E-state index contributed by atoms with van der Waals surface area (Å²) in [5.74, 6) is 0.0578. The molecule has 34 heavy (non-hydrogen) atoms. The van der Waals surface area contributed by atoms with Gasteiger partial charge in [0.2, 0.25) is 0 Å². The number of nitrogens with one attached hydrogen (secondary N) is 2. The Morgan fingerprint density at radius 2 is 1.56 bits per heavy atom. The molecule has 0 radical (unpaired) electrons. The molecule has 2 aromatic rings. The van der Waals surface area contributed by atoms with Crippen molar-refractivity contribution >= 4 is 29.1 Å². The van der Waals surface area contributed by atoms with E-state index in [1.165, 1.54) is 0 Å². The highest BCUT2D eigenvalue weighted by Gasteiger charge is 2.29. The minimum atomic E-state index is -0.832. The first-order chi connectivity index (χ1) is 15.9. The average molecular weight is 468 g/mol. The molecule has 6 nitrogen and oxygen atoms in total. The van der Waals surface area contributed by atoms with Crippen LogP contribution in [0, 0.1) is 18.8 Å². The molecule has 2 rings (SSSR count). The molecule has 0 aliphatic rings. The molecular formula is C28H41N3O3. The van der Waals surface area contributed by atoms with E-state index in [2.05, 4.69) is 43.2 Å². The molecule has 1 atom stereocenters. The van der Waals surface area contributed by atoms with E-state index in [1.807, 2.05) is 63.2 Å². The van der Waals surface area contributed by atoms with Gasteiger partial charge in [-0.25, -0.2) is 4.79 Å². The fourth-order valence-corrected chi connectivity index (χ4v) is 4.13. The van der Waals surface area contributed by atoms with E-state index in [-0.39, 0.29) is 12.5 Å². The zero-order valence-corrected chi connectivity index (χ0v) is 21.7. The number of rotatable bonds is 11. The van der Waals surface area contributed by atoms with Gasteiger partial charge in [-0.2, -0.15) is 0 Å². The molecular weight excluding hydrogens is 426 g/mol. The van der Waals surface area contributed by atoms with Crippen molar-refractivity contribution in [2.75, 3.05) is 28.6 Å². The third-order valence-electron chi connectivity index (χ3n) is 6.08. The smallest absolute Gasteiger partial charge is 0.323 e. The van der Waals surface area contributed by atoms with E-state index in [0.29, 0.717) is 29.6 Å². The zero-order chi connectivity index (χ0) is 25.5. The number of hydrogen-bond donors (Lipinski definition) is 3. The van der Waals surface area contributed by atoms with Crippen LogP contribution in [-0.2, 0) is 10.2 Å². The van der Waals surface area contributed by atoms with Crippen LogP contribution in [0.15, 0.2) is 42.5 Å². The van der Waals surface area contributed by atoms with Gasteiger partial charge in [0, 0.05) is 24.2 Å². The largest absolute Gasteiger partial charge is 0.481 e. The molecule has 0 aliphatic heterocycles. The standard InChI is InChI=1S/C28H41N3O3/c1-8-28(7,16-26(32)33)22-11-14-25(31(17-19(2)3)18-20(4)5)24(15-22)30-27(34)29-23-12-9-21(6)10-13-23/h9-15,19-20H,8,16-18H2,1-7H3,(H,32,33)(H2,29,30,34)/t28-/m1/s1. The van der Waals surface area contributed by atoms with Gasteiger partial charge in [-0.15, -0.1) is 0 Å². The maximum atomic E-state index is 13.0. The van der Waals surface area contributed by atoms with Crippen molar-refractivity contribution in [3.63, 3.8) is 0 Å². The number of carboxylic acid groups (broad SMARTS) is 1. The number of carbonyl (C=O) groups excluding carboxylic acids is 1. The number of nitrogens with zero attached hydrogens (tertiary/aromatic N) is 1. The molecule has 2 amide bonds. The van der Waals surface area contributed by atoms with Crippen molar-refractivity contribution in [1.82, 2.24) is 0 Å². The van der Waals surface area contributed by atoms with Crippen molar-refractivity contribution in [2.24, 2.45) is 11.8 Å². The van der Waals surface area contributed by atoms with Crippen molar-refractivity contribution < 1.29 is 14.7 Å². The molecule has 0 unspecified atom stereocenters. The average Bonchev–Trinajstić information content (AvgIpc) is 2.73. The number of carboxylic acids is 1. The predicted molar refractivity (Wildman–Crippen MR) is 142 cm³/mol. The second-order valence-electron chi connectivity index (χ2n) is 10.4. The summed E-state index contributed by atoms with van der Waals surface area (Å²) in [7, 11) is 0. The van der Waals surface area contributed by atoms with E-state index in [0.717, 1.165) is 29.9 Å². The Morgan fingerprint density at radius 3 is 2.06 bits per heavy atom. The van der Waals surface area contributed by atoms with Gasteiger partial charge in [-0.1, -0.05) is 65.3 Å². The molecule has 0 bridgehead atoms. The summed E-state index contributed by atoms with van der Waals surface area (Å²) in [5, 5.41) is 15.5. The molecule has 0 aromatic heterocycles. The fourth-order valence-electron chi connectivity index (χ4n) is 4.13. The first-order valence-electron chi connectivity index (χ1n) is 12.2. The van der Waals surface area contributed by atoms with Crippen molar-refractivity contribution in [2.45, 2.75) is 66.7 Å². The summed E-state index contributed by atoms with van der Waals surface area (Å²) in [6, 6.07) is 13.3. The lowest BCUT2D eigenvalue weighted by Crippen LogP contribution is -2.33. The zero-order valence-electron chi connectivity index (χ0n) is 21.7. The summed E-state index contributed by atoms with van der Waals surface area (Å²) in [5.41, 5.74) is 3.84. The number of aryl methyl sites for hydroxylation is 1. The number of amides is 2. The number of benzene rings is 2. The van der Waals surface area contributed by atoms with Gasteiger partial charge in [0.15, 0.2) is 0 Å². The van der Waals surface area contributed by atoms with Crippen LogP contribution in [0.25, 0.3) is 0 Å². The number of carbonyl (C=O) groups is 2. The molecule has 0 fully saturated rings. The lowest BCUT2D eigenvalue weighted by molar-refractivity contribution is -0.138. The predicted octanol–water partition coefficient (Wildman–Crippen LogP) is 6.90. The topological polar surface area (TPSA) is 81.7 Å². The maximum absolute atomic E-state index is 13.0. The van der Waals surface area contributed by atoms with Crippen LogP contribution < -0.4 is 15.5 Å². The van der Waals surface area contributed by atoms with Crippen molar-refractivity contribution in [1.29, 1.82) is 0 Å². The molecule has 0 aliphatic carbocycles. The molecule has 2 aromatic carbocycles. The quantitative estimate of drug-likeness (QED) is 0.336. The Bertz CT molecular complexity index is 959. The summed E-state index contributed by atoms with van der Waals surface area (Å²) in [6.07, 6.45) is 0.703. The van der Waals surface area contributed by atoms with Crippen LogP contribution in [0.4, 0.5) is 21.9 Å². The molecule has 0 saturated heterocycles. The summed E-state index contributed by atoms with van der Waals surface area (Å²) in [6.45, 7) is 16.4. The monoisotopic (exact) mass is 467 g/mol. The molecule has 6 heteroatoms. The summed E-state index contributed by atoms with van der Waals surface area (Å²) >= 11 is 0. The Kier molecular flexibility index (Phi) is 9.54. The highest BCUT2D eigenvalue weighted by Crippen LogP contribution is 2.37. The third kappa shape index (κ3) is 7.79. The second-order valence-corrected chi connectivity index (χ2v) is 10.4.